The summed E-state index contributed by atoms with van der Waals surface area (Å²) in [5, 5.41) is -0.411. The van der Waals surface area contributed by atoms with E-state index in [2.05, 4.69) is 4.74 Å². The number of hydrogen-bond donors (Lipinski definition) is 1. The standard InChI is InChI=1S/C7H4Cl2F3NO3S/c8-4-1-3(17(9,14)15)2-5(6(4)13)16-7(10,11)12/h1-2H,13H2. The molecule has 1 aromatic carbocycles. The first-order valence-corrected chi connectivity index (χ1v) is 6.49. The van der Waals surface area contributed by atoms with E-state index in [0.29, 0.717) is 6.07 Å². The van der Waals surface area contributed by atoms with E-state index in [1.54, 1.807) is 0 Å². The highest BCUT2D eigenvalue weighted by molar-refractivity contribution is 8.13. The number of hydrogen-bond acceptors (Lipinski definition) is 4. The van der Waals surface area contributed by atoms with Crippen LogP contribution in [0.5, 0.6) is 5.75 Å². The van der Waals surface area contributed by atoms with Crippen LogP contribution in [0, 0.1) is 0 Å². The average molecular weight is 310 g/mol. The summed E-state index contributed by atoms with van der Waals surface area (Å²) in [7, 11) is 0.727. The topological polar surface area (TPSA) is 69.4 Å². The van der Waals surface area contributed by atoms with Gasteiger partial charge in [0.1, 0.15) is 0 Å². The molecule has 0 spiro atoms. The monoisotopic (exact) mass is 309 g/mol. The van der Waals surface area contributed by atoms with Gasteiger partial charge in [-0.2, -0.15) is 0 Å². The van der Waals surface area contributed by atoms with Gasteiger partial charge in [-0.3, -0.25) is 0 Å². The third-order valence-corrected chi connectivity index (χ3v) is 3.22. The van der Waals surface area contributed by atoms with E-state index in [4.69, 9.17) is 28.0 Å². The van der Waals surface area contributed by atoms with E-state index < -0.39 is 36.8 Å². The lowest BCUT2D eigenvalue weighted by Crippen LogP contribution is -2.18. The van der Waals surface area contributed by atoms with E-state index in [1.165, 1.54) is 0 Å². The second-order valence-corrected chi connectivity index (χ2v) is 5.78. The molecular weight excluding hydrogens is 306 g/mol. The molecule has 0 unspecified atom stereocenters. The zero-order chi connectivity index (χ0) is 13.4. The Kier molecular flexibility index (Phi) is 3.70. The predicted octanol–water partition coefficient (Wildman–Crippen LogP) is 2.75. The molecule has 17 heavy (non-hydrogen) atoms. The molecule has 4 nitrogen and oxygen atoms in total. The Morgan fingerprint density at radius 2 is 1.82 bits per heavy atom. The van der Waals surface area contributed by atoms with Crippen molar-refractivity contribution in [3.63, 3.8) is 0 Å². The molecular formula is C7H4Cl2F3NO3S. The number of nitrogens with two attached hydrogens (primary N) is 1. The molecule has 1 rings (SSSR count). The second kappa shape index (κ2) is 4.43. The maximum atomic E-state index is 12.0. The smallest absolute Gasteiger partial charge is 0.403 e. The van der Waals surface area contributed by atoms with E-state index in [1.807, 2.05) is 0 Å². The summed E-state index contributed by atoms with van der Waals surface area (Å²) >= 11 is 5.46. The summed E-state index contributed by atoms with van der Waals surface area (Å²) in [6, 6.07) is 1.36. The maximum Gasteiger partial charge on any atom is 0.573 e. The number of anilines is 1. The van der Waals surface area contributed by atoms with Gasteiger partial charge >= 0.3 is 6.36 Å². The molecule has 1 aromatic rings. The fraction of sp³-hybridized carbons (Fsp3) is 0.143. The van der Waals surface area contributed by atoms with Crippen molar-refractivity contribution in [2.45, 2.75) is 11.3 Å². The molecule has 0 saturated carbocycles. The number of ether oxygens (including phenoxy) is 1. The fourth-order valence-corrected chi connectivity index (χ4v) is 1.97. The molecule has 0 heterocycles. The zero-order valence-corrected chi connectivity index (χ0v) is 10.1. The molecule has 10 heteroatoms. The molecule has 0 bridgehead atoms. The number of alkyl halides is 3. The van der Waals surface area contributed by atoms with Gasteiger partial charge in [0.2, 0.25) is 0 Å². The summed E-state index contributed by atoms with van der Waals surface area (Å²) in [5.41, 5.74) is 4.67. The Morgan fingerprint density at radius 3 is 2.24 bits per heavy atom. The summed E-state index contributed by atoms with van der Waals surface area (Å²) in [6.07, 6.45) is -5.02. The Balaban J connectivity index is 3.36. The van der Waals surface area contributed by atoms with Crippen LogP contribution in [0.1, 0.15) is 0 Å². The highest BCUT2D eigenvalue weighted by Crippen LogP contribution is 2.36. The molecule has 0 amide bonds. The van der Waals surface area contributed by atoms with Crippen LogP contribution in [0.15, 0.2) is 17.0 Å². The Hall–Kier alpha value is -0.860. The number of rotatable bonds is 2. The minimum Gasteiger partial charge on any atom is -0.403 e. The van der Waals surface area contributed by atoms with Crippen LogP contribution >= 0.6 is 22.3 Å². The van der Waals surface area contributed by atoms with Gasteiger partial charge in [-0.1, -0.05) is 11.6 Å². The van der Waals surface area contributed by atoms with Crippen LogP contribution in [-0.4, -0.2) is 14.8 Å². The minimum absolute atomic E-state index is 0.411. The summed E-state index contributed by atoms with van der Waals surface area (Å²) in [4.78, 5) is -0.641. The number of halogens is 5. The van der Waals surface area contributed by atoms with Crippen LogP contribution in [0.4, 0.5) is 18.9 Å². The Bertz CT molecular complexity index is 544. The van der Waals surface area contributed by atoms with Crippen molar-refractivity contribution in [3.8, 4) is 5.75 Å². The normalized spacial score (nSPS) is 12.5. The predicted molar refractivity (Wildman–Crippen MR) is 55.6 cm³/mol. The molecule has 0 aliphatic heterocycles. The highest BCUT2D eigenvalue weighted by Gasteiger charge is 2.33. The average Bonchev–Trinajstić information content (AvgIpc) is 2.08. The molecule has 0 fully saturated rings. The van der Waals surface area contributed by atoms with Crippen LogP contribution in [0.25, 0.3) is 0 Å². The van der Waals surface area contributed by atoms with Crippen LogP contribution < -0.4 is 10.5 Å². The van der Waals surface area contributed by atoms with E-state index in [0.717, 1.165) is 6.07 Å². The Labute approximate surface area is 103 Å². The first-order chi connectivity index (χ1) is 7.50. The van der Waals surface area contributed by atoms with Gasteiger partial charge in [0.05, 0.1) is 15.6 Å². The van der Waals surface area contributed by atoms with Crippen molar-refractivity contribution >= 4 is 37.0 Å². The summed E-state index contributed by atoms with van der Waals surface area (Å²) < 4.78 is 61.3. The SMILES string of the molecule is Nc1c(Cl)cc(S(=O)(=O)Cl)cc1OC(F)(F)F. The molecule has 0 aliphatic rings. The van der Waals surface area contributed by atoms with Gasteiger partial charge in [-0.25, -0.2) is 8.42 Å². The molecule has 0 saturated heterocycles. The lowest BCUT2D eigenvalue weighted by molar-refractivity contribution is -0.274. The lowest BCUT2D eigenvalue weighted by Gasteiger charge is -2.12. The van der Waals surface area contributed by atoms with Gasteiger partial charge in [-0.05, 0) is 6.07 Å². The molecule has 0 aromatic heterocycles. The van der Waals surface area contributed by atoms with Crippen molar-refractivity contribution < 1.29 is 26.3 Å². The lowest BCUT2D eigenvalue weighted by atomic mass is 10.3. The molecule has 0 radical (unpaired) electrons. The quantitative estimate of drug-likeness (QED) is 0.673. The van der Waals surface area contributed by atoms with Crippen molar-refractivity contribution in [2.24, 2.45) is 0 Å². The van der Waals surface area contributed by atoms with Crippen molar-refractivity contribution in [3.05, 3.63) is 17.2 Å². The number of nitrogen functional groups attached to an aromatic ring is 1. The van der Waals surface area contributed by atoms with Crippen LogP contribution in [0.3, 0.4) is 0 Å². The second-order valence-electron chi connectivity index (χ2n) is 2.80. The molecule has 2 N–H and O–H groups in total. The molecule has 0 atom stereocenters. The zero-order valence-electron chi connectivity index (χ0n) is 7.75. The first-order valence-electron chi connectivity index (χ1n) is 3.80. The van der Waals surface area contributed by atoms with Gasteiger partial charge in [-0.15, -0.1) is 13.2 Å². The van der Waals surface area contributed by atoms with Gasteiger partial charge in [0.15, 0.2) is 5.75 Å². The van der Waals surface area contributed by atoms with Crippen molar-refractivity contribution in [2.75, 3.05) is 5.73 Å². The largest absolute Gasteiger partial charge is 0.573 e. The summed E-state index contributed by atoms with van der Waals surface area (Å²) in [5.74, 6) is -0.927. The van der Waals surface area contributed by atoms with Crippen LogP contribution in [-0.2, 0) is 9.05 Å². The highest BCUT2D eigenvalue weighted by atomic mass is 35.7. The third-order valence-electron chi connectivity index (χ3n) is 1.57. The van der Waals surface area contributed by atoms with Gasteiger partial charge in [0.25, 0.3) is 9.05 Å². The van der Waals surface area contributed by atoms with Crippen molar-refractivity contribution in [1.82, 2.24) is 0 Å². The van der Waals surface area contributed by atoms with E-state index in [-0.39, 0.29) is 0 Å². The fourth-order valence-electron chi connectivity index (χ4n) is 0.919. The summed E-state index contributed by atoms with van der Waals surface area (Å²) in [6.45, 7) is 0. The number of benzene rings is 1. The van der Waals surface area contributed by atoms with E-state index >= 15 is 0 Å². The van der Waals surface area contributed by atoms with Crippen molar-refractivity contribution in [1.29, 1.82) is 0 Å². The molecule has 0 aliphatic carbocycles. The third kappa shape index (κ3) is 3.83. The first kappa shape index (κ1) is 14.2. The minimum atomic E-state index is -5.02. The van der Waals surface area contributed by atoms with Crippen LogP contribution in [0.2, 0.25) is 5.02 Å². The molecule has 96 valence electrons. The van der Waals surface area contributed by atoms with Gasteiger partial charge in [0, 0.05) is 16.7 Å². The van der Waals surface area contributed by atoms with E-state index in [9.17, 15) is 21.6 Å². The maximum absolute atomic E-state index is 12.0. The Morgan fingerprint density at radius 1 is 1.29 bits per heavy atom. The van der Waals surface area contributed by atoms with Gasteiger partial charge < -0.3 is 10.5 Å².